The summed E-state index contributed by atoms with van der Waals surface area (Å²) in [6, 6.07) is 15.5. The van der Waals surface area contributed by atoms with Crippen molar-refractivity contribution in [3.63, 3.8) is 0 Å². The van der Waals surface area contributed by atoms with E-state index < -0.39 is 0 Å². The average molecular weight is 464 g/mol. The van der Waals surface area contributed by atoms with E-state index in [2.05, 4.69) is 23.9 Å². The van der Waals surface area contributed by atoms with Crippen molar-refractivity contribution in [1.82, 2.24) is 14.6 Å². The molecule has 0 fully saturated rings. The molecule has 2 heterocycles. The lowest BCUT2D eigenvalue weighted by molar-refractivity contribution is 0.306. The highest BCUT2D eigenvalue weighted by molar-refractivity contribution is 7.15. The summed E-state index contributed by atoms with van der Waals surface area (Å²) in [6.07, 6.45) is 7.41. The maximum Gasteiger partial charge on any atom is 0.291 e. The van der Waals surface area contributed by atoms with Crippen molar-refractivity contribution >= 4 is 22.4 Å². The Morgan fingerprint density at radius 2 is 1.52 bits per heavy atom. The molecule has 7 heteroatoms. The Labute approximate surface area is 197 Å². The lowest BCUT2D eigenvalue weighted by Gasteiger charge is -2.05. The van der Waals surface area contributed by atoms with Gasteiger partial charge in [0.1, 0.15) is 11.5 Å². The highest BCUT2D eigenvalue weighted by Gasteiger charge is 2.12. The van der Waals surface area contributed by atoms with Gasteiger partial charge in [-0.25, -0.2) is 0 Å². The van der Waals surface area contributed by atoms with Gasteiger partial charge in [-0.3, -0.25) is 4.79 Å². The van der Waals surface area contributed by atoms with Crippen LogP contribution in [0.25, 0.3) is 22.4 Å². The Morgan fingerprint density at radius 1 is 0.879 bits per heavy atom. The van der Waals surface area contributed by atoms with Gasteiger partial charge in [-0.15, -0.1) is 5.10 Å². The summed E-state index contributed by atoms with van der Waals surface area (Å²) in [5, 5.41) is 4.44. The average Bonchev–Trinajstić information content (AvgIpc) is 3.38. The van der Waals surface area contributed by atoms with Crippen LogP contribution in [0.15, 0.2) is 53.3 Å². The minimum absolute atomic E-state index is 0.159. The lowest BCUT2D eigenvalue weighted by Crippen LogP contribution is -2.23. The molecule has 2 aromatic heterocycles. The van der Waals surface area contributed by atoms with E-state index in [4.69, 9.17) is 9.47 Å². The van der Waals surface area contributed by atoms with E-state index in [1.54, 1.807) is 0 Å². The molecule has 0 saturated heterocycles. The molecule has 6 nitrogen and oxygen atoms in total. The Kier molecular flexibility index (Phi) is 7.73. The van der Waals surface area contributed by atoms with Gasteiger partial charge in [-0.1, -0.05) is 56.6 Å². The molecule has 172 valence electrons. The quantitative estimate of drug-likeness (QED) is 0.289. The van der Waals surface area contributed by atoms with Crippen LogP contribution in [-0.2, 0) is 0 Å². The van der Waals surface area contributed by atoms with Crippen molar-refractivity contribution in [2.75, 3.05) is 13.2 Å². The van der Waals surface area contributed by atoms with E-state index in [-0.39, 0.29) is 5.56 Å². The van der Waals surface area contributed by atoms with Crippen LogP contribution in [0, 0.1) is 0 Å². The Bertz CT molecular complexity index is 1280. The summed E-state index contributed by atoms with van der Waals surface area (Å²) in [5.41, 5.74) is 1.64. The van der Waals surface area contributed by atoms with Crippen molar-refractivity contribution in [3.8, 4) is 22.9 Å². The van der Waals surface area contributed by atoms with Crippen LogP contribution in [0.3, 0.4) is 0 Å². The Hall–Kier alpha value is -3.19. The van der Waals surface area contributed by atoms with Crippen molar-refractivity contribution in [2.45, 2.75) is 46.0 Å². The molecule has 0 bridgehead atoms. The topological polar surface area (TPSA) is 65.7 Å². The van der Waals surface area contributed by atoms with Gasteiger partial charge in [0.25, 0.3) is 5.56 Å². The normalized spacial score (nSPS) is 11.9. The third-order valence-electron chi connectivity index (χ3n) is 5.26. The predicted molar refractivity (Wildman–Crippen MR) is 133 cm³/mol. The first-order valence-corrected chi connectivity index (χ1v) is 12.4. The Balaban J connectivity index is 1.47. The molecule has 0 unspecified atom stereocenters. The molecule has 0 radical (unpaired) electrons. The number of benzene rings is 2. The monoisotopic (exact) mass is 463 g/mol. The third kappa shape index (κ3) is 5.79. The lowest BCUT2D eigenvalue weighted by atomic mass is 10.2. The minimum Gasteiger partial charge on any atom is -0.494 e. The van der Waals surface area contributed by atoms with Crippen molar-refractivity contribution in [2.24, 2.45) is 0 Å². The highest BCUT2D eigenvalue weighted by Crippen LogP contribution is 2.21. The van der Waals surface area contributed by atoms with Gasteiger partial charge in [-0.2, -0.15) is 9.50 Å². The van der Waals surface area contributed by atoms with E-state index in [0.717, 1.165) is 48.5 Å². The molecule has 0 aliphatic carbocycles. The van der Waals surface area contributed by atoms with Crippen LogP contribution in [-0.4, -0.2) is 27.8 Å². The number of thiazole rings is 1. The van der Waals surface area contributed by atoms with Gasteiger partial charge in [0.05, 0.1) is 17.7 Å². The zero-order valence-corrected chi connectivity index (χ0v) is 19.9. The molecule has 0 amide bonds. The third-order valence-corrected chi connectivity index (χ3v) is 6.21. The van der Waals surface area contributed by atoms with Gasteiger partial charge in [0.15, 0.2) is 5.82 Å². The summed E-state index contributed by atoms with van der Waals surface area (Å²) in [5.74, 6) is 2.21. The maximum atomic E-state index is 12.8. The summed E-state index contributed by atoms with van der Waals surface area (Å²) in [7, 11) is 0. The minimum atomic E-state index is -0.159. The number of aromatic nitrogens is 3. The molecular weight excluding hydrogens is 434 g/mol. The van der Waals surface area contributed by atoms with Crippen molar-refractivity contribution in [3.05, 3.63) is 69.0 Å². The van der Waals surface area contributed by atoms with Gasteiger partial charge in [0.2, 0.25) is 4.96 Å². The molecule has 0 aliphatic rings. The largest absolute Gasteiger partial charge is 0.494 e. The Morgan fingerprint density at radius 3 is 2.15 bits per heavy atom. The molecule has 0 atom stereocenters. The number of unbranched alkanes of at least 4 members (excludes halogenated alkanes) is 3. The number of hydrogen-bond acceptors (Lipinski definition) is 6. The van der Waals surface area contributed by atoms with Crippen LogP contribution in [0.2, 0.25) is 0 Å². The molecule has 4 aromatic rings. The predicted octanol–water partition coefficient (Wildman–Crippen LogP) is 5.11. The first-order chi connectivity index (χ1) is 16.2. The summed E-state index contributed by atoms with van der Waals surface area (Å²) >= 11 is 1.34. The molecular formula is C26H29N3O3S. The van der Waals surface area contributed by atoms with Crippen LogP contribution in [0.1, 0.15) is 51.5 Å². The number of fused-ring (bicyclic) bond motifs is 1. The van der Waals surface area contributed by atoms with Gasteiger partial charge >= 0.3 is 0 Å². The fraction of sp³-hybridized carbons (Fsp3) is 0.346. The van der Waals surface area contributed by atoms with E-state index >= 15 is 0 Å². The molecule has 0 saturated carbocycles. The summed E-state index contributed by atoms with van der Waals surface area (Å²) in [4.78, 5) is 18.0. The molecule has 0 N–H and O–H groups in total. The van der Waals surface area contributed by atoms with E-state index in [1.165, 1.54) is 28.7 Å². The van der Waals surface area contributed by atoms with Crippen molar-refractivity contribution < 1.29 is 9.47 Å². The van der Waals surface area contributed by atoms with E-state index in [1.807, 2.05) is 54.6 Å². The fourth-order valence-electron chi connectivity index (χ4n) is 3.34. The van der Waals surface area contributed by atoms with Crippen LogP contribution in [0.4, 0.5) is 0 Å². The van der Waals surface area contributed by atoms with E-state index in [9.17, 15) is 4.79 Å². The maximum absolute atomic E-state index is 12.8. The number of rotatable bonds is 11. The molecule has 2 aromatic carbocycles. The fourth-order valence-corrected chi connectivity index (χ4v) is 4.25. The van der Waals surface area contributed by atoms with Crippen LogP contribution >= 0.6 is 11.3 Å². The molecule has 4 rings (SSSR count). The second-order valence-corrected chi connectivity index (χ2v) is 8.91. The molecule has 0 spiro atoms. The SMILES string of the molecule is CCCCCOc1ccc(C=c2sc3nc(-c4ccc(OCCCC)cc4)nn3c2=O)cc1. The van der Waals surface area contributed by atoms with Gasteiger partial charge < -0.3 is 9.47 Å². The highest BCUT2D eigenvalue weighted by atomic mass is 32.1. The number of ether oxygens (including phenoxy) is 2. The number of hydrogen-bond donors (Lipinski definition) is 0. The summed E-state index contributed by atoms with van der Waals surface area (Å²) < 4.78 is 13.4. The van der Waals surface area contributed by atoms with Gasteiger partial charge in [-0.05, 0) is 60.9 Å². The second kappa shape index (κ2) is 11.1. The molecule has 33 heavy (non-hydrogen) atoms. The first kappa shape index (κ1) is 23.0. The summed E-state index contributed by atoms with van der Waals surface area (Å²) in [6.45, 7) is 5.75. The molecule has 0 aliphatic heterocycles. The van der Waals surface area contributed by atoms with E-state index in [0.29, 0.717) is 21.9 Å². The van der Waals surface area contributed by atoms with Gasteiger partial charge in [0, 0.05) is 5.56 Å². The number of nitrogens with zero attached hydrogens (tertiary/aromatic N) is 3. The standard InChI is InChI=1S/C26H29N3O3S/c1-3-5-7-17-32-21-12-8-19(9-13-21)18-23-25(30)29-26(33-23)27-24(28-29)20-10-14-22(15-11-20)31-16-6-4-2/h8-15,18H,3-7,16-17H2,1-2H3. The van der Waals surface area contributed by atoms with Crippen LogP contribution in [0.5, 0.6) is 11.5 Å². The van der Waals surface area contributed by atoms with Crippen molar-refractivity contribution in [1.29, 1.82) is 0 Å². The van der Waals surface area contributed by atoms with Crippen LogP contribution < -0.4 is 19.6 Å². The zero-order valence-electron chi connectivity index (χ0n) is 19.1. The zero-order chi connectivity index (χ0) is 23.0. The first-order valence-electron chi connectivity index (χ1n) is 11.6. The smallest absolute Gasteiger partial charge is 0.291 e. The second-order valence-electron chi connectivity index (χ2n) is 7.90.